The number of rotatable bonds is 8. The van der Waals surface area contributed by atoms with E-state index in [1.807, 2.05) is 31.2 Å². The van der Waals surface area contributed by atoms with Crippen LogP contribution in [-0.4, -0.2) is 30.4 Å². The molecule has 0 amide bonds. The second-order valence-electron chi connectivity index (χ2n) is 9.86. The first-order valence-corrected chi connectivity index (χ1v) is 13.9. The van der Waals surface area contributed by atoms with Gasteiger partial charge in [-0.2, -0.15) is 4.31 Å². The van der Waals surface area contributed by atoms with Gasteiger partial charge in [0.25, 0.3) is 0 Å². The maximum Gasteiger partial charge on any atom is 0.243 e. The summed E-state index contributed by atoms with van der Waals surface area (Å²) >= 11 is 0. The lowest BCUT2D eigenvalue weighted by Gasteiger charge is -2.24. The van der Waals surface area contributed by atoms with Crippen molar-refractivity contribution in [2.24, 2.45) is 5.92 Å². The zero-order valence-electron chi connectivity index (χ0n) is 20.0. The molecule has 1 saturated carbocycles. The third kappa shape index (κ3) is 4.24. The number of benzene rings is 3. The third-order valence-corrected chi connectivity index (χ3v) is 9.31. The fourth-order valence-corrected chi connectivity index (χ4v) is 6.76. The van der Waals surface area contributed by atoms with E-state index in [1.165, 1.54) is 29.4 Å². The number of aromatic nitrogens is 1. The van der Waals surface area contributed by atoms with Gasteiger partial charge < -0.3 is 4.57 Å². The average Bonchev–Trinajstić information content (AvgIpc) is 3.53. The predicted molar refractivity (Wildman–Crippen MR) is 142 cm³/mol. The Morgan fingerprint density at radius 3 is 2.46 bits per heavy atom. The lowest BCUT2D eigenvalue weighted by molar-refractivity contribution is 0.426. The minimum atomic E-state index is -3.66. The maximum absolute atomic E-state index is 13.9. The third-order valence-electron chi connectivity index (χ3n) is 7.45. The lowest BCUT2D eigenvalue weighted by atomic mass is 9.96. The van der Waals surface area contributed by atoms with Gasteiger partial charge in [-0.3, -0.25) is 0 Å². The van der Waals surface area contributed by atoms with Crippen LogP contribution in [0.1, 0.15) is 35.4 Å². The molecule has 0 aliphatic heterocycles. The van der Waals surface area contributed by atoms with Gasteiger partial charge >= 0.3 is 0 Å². The molecule has 178 valence electrons. The van der Waals surface area contributed by atoms with Crippen molar-refractivity contribution in [3.05, 3.63) is 108 Å². The van der Waals surface area contributed by atoms with E-state index in [1.54, 1.807) is 16.4 Å². The molecule has 0 spiro atoms. The number of hydrogen-bond donors (Lipinski definition) is 0. The molecule has 6 rings (SSSR count). The Bertz CT molecular complexity index is 1510. The fraction of sp³-hybridized carbons (Fsp3) is 0.267. The molecule has 0 bridgehead atoms. The monoisotopic (exact) mass is 482 g/mol. The van der Waals surface area contributed by atoms with Crippen molar-refractivity contribution < 1.29 is 8.42 Å². The first-order valence-electron chi connectivity index (χ1n) is 12.4. The van der Waals surface area contributed by atoms with E-state index in [0.29, 0.717) is 36.4 Å². The van der Waals surface area contributed by atoms with Gasteiger partial charge in [-0.1, -0.05) is 66.2 Å². The molecule has 35 heavy (non-hydrogen) atoms. The van der Waals surface area contributed by atoms with E-state index >= 15 is 0 Å². The van der Waals surface area contributed by atoms with Gasteiger partial charge in [0, 0.05) is 37.3 Å². The summed E-state index contributed by atoms with van der Waals surface area (Å²) in [5.41, 5.74) is 5.87. The van der Waals surface area contributed by atoms with Crippen LogP contribution in [0.5, 0.6) is 0 Å². The van der Waals surface area contributed by atoms with Crippen LogP contribution in [0.25, 0.3) is 16.5 Å². The van der Waals surface area contributed by atoms with Crippen LogP contribution < -0.4 is 0 Å². The number of sulfonamides is 1. The van der Waals surface area contributed by atoms with Crippen LogP contribution >= 0.6 is 0 Å². The van der Waals surface area contributed by atoms with Gasteiger partial charge in [0.15, 0.2) is 0 Å². The summed E-state index contributed by atoms with van der Waals surface area (Å²) in [5, 5.41) is 1.17. The molecular weight excluding hydrogens is 452 g/mol. The zero-order valence-corrected chi connectivity index (χ0v) is 20.8. The van der Waals surface area contributed by atoms with Crippen molar-refractivity contribution >= 4 is 26.5 Å². The van der Waals surface area contributed by atoms with Crippen LogP contribution in [0.15, 0.2) is 96.0 Å². The van der Waals surface area contributed by atoms with Gasteiger partial charge in [0.2, 0.25) is 10.0 Å². The van der Waals surface area contributed by atoms with Crippen molar-refractivity contribution in [1.82, 2.24) is 8.87 Å². The van der Waals surface area contributed by atoms with E-state index in [9.17, 15) is 8.42 Å². The smallest absolute Gasteiger partial charge is 0.243 e. The molecule has 1 aromatic heterocycles. The van der Waals surface area contributed by atoms with Crippen LogP contribution in [0.4, 0.5) is 0 Å². The molecular formula is C30H30N2O2S. The number of nitrogens with zero attached hydrogens (tertiary/aromatic N) is 2. The molecule has 1 fully saturated rings. The van der Waals surface area contributed by atoms with Crippen molar-refractivity contribution in [3.63, 3.8) is 0 Å². The van der Waals surface area contributed by atoms with E-state index in [2.05, 4.69) is 59.3 Å². The summed E-state index contributed by atoms with van der Waals surface area (Å²) in [7, 11) is -3.66. The van der Waals surface area contributed by atoms with Gasteiger partial charge in [0.05, 0.1) is 4.90 Å². The molecule has 4 nitrogen and oxygen atoms in total. The zero-order chi connectivity index (χ0) is 24.0. The molecule has 3 aromatic carbocycles. The first-order chi connectivity index (χ1) is 17.0. The highest BCUT2D eigenvalue weighted by molar-refractivity contribution is 7.89. The average molecular weight is 483 g/mol. The number of fused-ring (bicyclic) bond motifs is 2. The van der Waals surface area contributed by atoms with Crippen molar-refractivity contribution in [2.75, 3.05) is 13.1 Å². The van der Waals surface area contributed by atoms with E-state index in [-0.39, 0.29) is 0 Å². The number of hydrogen-bond acceptors (Lipinski definition) is 2. The SMILES string of the molecule is Cc1ccc(S(=O)(=O)N(CCn2ccc3ccccc32)CC2=C[C@@H](C3CC3)c3ccccc32)cc1. The molecule has 0 unspecified atom stereocenters. The standard InChI is InChI=1S/C30H30N2O2S/c1-22-10-14-26(15-11-22)35(33,34)32(19-18-31-17-16-24-6-2-5-9-30(24)31)21-25-20-29(23-12-13-23)28-8-4-3-7-27(25)28/h2-11,14-17,20,23,29H,12-13,18-19,21H2,1H3/t29-/m0/s1. The Morgan fingerprint density at radius 1 is 0.914 bits per heavy atom. The minimum Gasteiger partial charge on any atom is -0.346 e. The van der Waals surface area contributed by atoms with Gasteiger partial charge in [0.1, 0.15) is 0 Å². The maximum atomic E-state index is 13.9. The lowest BCUT2D eigenvalue weighted by Crippen LogP contribution is -2.35. The molecule has 2 aliphatic rings. The summed E-state index contributed by atoms with van der Waals surface area (Å²) in [6.45, 7) is 3.36. The minimum absolute atomic E-state index is 0.353. The Balaban J connectivity index is 1.34. The Morgan fingerprint density at radius 2 is 1.66 bits per heavy atom. The second-order valence-corrected chi connectivity index (χ2v) is 11.8. The Hall–Kier alpha value is -3.15. The highest BCUT2D eigenvalue weighted by atomic mass is 32.2. The molecule has 0 saturated heterocycles. The number of para-hydroxylation sites is 1. The molecule has 2 aliphatic carbocycles. The van der Waals surface area contributed by atoms with Gasteiger partial charge in [-0.25, -0.2) is 8.42 Å². The normalized spacial score (nSPS) is 17.7. The summed E-state index contributed by atoms with van der Waals surface area (Å²) in [5.74, 6) is 1.11. The highest BCUT2D eigenvalue weighted by Crippen LogP contribution is 2.49. The van der Waals surface area contributed by atoms with Crippen LogP contribution in [-0.2, 0) is 16.6 Å². The summed E-state index contributed by atoms with van der Waals surface area (Å²) < 4.78 is 31.6. The summed E-state index contributed by atoms with van der Waals surface area (Å²) in [6.07, 6.45) is 6.91. The van der Waals surface area contributed by atoms with Crippen LogP contribution in [0.3, 0.4) is 0 Å². The molecule has 5 heteroatoms. The number of allylic oxidation sites excluding steroid dienone is 1. The fourth-order valence-electron chi connectivity index (χ4n) is 5.35. The van der Waals surface area contributed by atoms with E-state index in [4.69, 9.17) is 0 Å². The van der Waals surface area contributed by atoms with Gasteiger partial charge in [-0.15, -0.1) is 0 Å². The molecule has 1 atom stereocenters. The van der Waals surface area contributed by atoms with Gasteiger partial charge in [-0.05, 0) is 72.0 Å². The largest absolute Gasteiger partial charge is 0.346 e. The van der Waals surface area contributed by atoms with Crippen molar-refractivity contribution in [3.8, 4) is 0 Å². The first kappa shape index (κ1) is 22.3. The molecule has 0 N–H and O–H groups in total. The molecule has 0 radical (unpaired) electrons. The topological polar surface area (TPSA) is 42.3 Å². The van der Waals surface area contributed by atoms with Crippen LogP contribution in [0.2, 0.25) is 0 Å². The quantitative estimate of drug-likeness (QED) is 0.299. The number of aryl methyl sites for hydroxylation is 1. The van der Waals surface area contributed by atoms with Crippen molar-refractivity contribution in [2.45, 2.75) is 37.1 Å². The predicted octanol–water partition coefficient (Wildman–Crippen LogP) is 6.23. The Kier molecular flexibility index (Phi) is 5.62. The van der Waals surface area contributed by atoms with Crippen molar-refractivity contribution in [1.29, 1.82) is 0 Å². The van der Waals surface area contributed by atoms with E-state index in [0.717, 1.165) is 16.7 Å². The van der Waals surface area contributed by atoms with E-state index < -0.39 is 10.0 Å². The molecule has 1 heterocycles. The summed E-state index contributed by atoms with van der Waals surface area (Å²) in [4.78, 5) is 0.353. The van der Waals surface area contributed by atoms with Crippen LogP contribution in [0, 0.1) is 12.8 Å². The highest BCUT2D eigenvalue weighted by Gasteiger charge is 2.37. The summed E-state index contributed by atoms with van der Waals surface area (Å²) in [6, 6.07) is 26.1. The molecule has 4 aromatic rings. The Labute approximate surface area is 207 Å². The second kappa shape index (κ2) is 8.81.